The molecular formula is C6H7Cl. The summed E-state index contributed by atoms with van der Waals surface area (Å²) < 4.78 is 0. The first-order valence-corrected chi connectivity index (χ1v) is 2.33. The molecule has 0 bridgehead atoms. The minimum atomic E-state index is 0.829. The van der Waals surface area contributed by atoms with Gasteiger partial charge in [-0.2, -0.15) is 0 Å². The molecule has 0 nitrogen and oxygen atoms in total. The summed E-state index contributed by atoms with van der Waals surface area (Å²) in [6.45, 7) is 7.04. The minimum Gasteiger partial charge on any atom is -0.0985 e. The third-order valence-electron chi connectivity index (χ3n) is 0.539. The molecule has 0 fully saturated rings. The fraction of sp³-hybridized carbons (Fsp3) is 0. The number of allylic oxidation sites excluding steroid dienone is 3. The van der Waals surface area contributed by atoms with Crippen LogP contribution in [0.15, 0.2) is 36.4 Å². The van der Waals surface area contributed by atoms with E-state index in [2.05, 4.69) is 13.2 Å². The van der Waals surface area contributed by atoms with Crippen LogP contribution < -0.4 is 0 Å². The van der Waals surface area contributed by atoms with Gasteiger partial charge in [-0.3, -0.25) is 0 Å². The van der Waals surface area contributed by atoms with Crippen molar-refractivity contribution in [3.8, 4) is 0 Å². The average Bonchev–Trinajstić information content (AvgIpc) is 1.68. The van der Waals surface area contributed by atoms with Gasteiger partial charge in [0.25, 0.3) is 0 Å². The van der Waals surface area contributed by atoms with Crippen molar-refractivity contribution in [3.63, 3.8) is 0 Å². The molecule has 0 amide bonds. The smallest absolute Gasteiger partial charge is 0.00481 e. The molecule has 0 atom stereocenters. The SMILES string of the molecule is C=CC(=C)/C=C/Cl. The molecule has 0 aromatic rings. The summed E-state index contributed by atoms with van der Waals surface area (Å²) >= 11 is 5.19. The second-order valence-electron chi connectivity index (χ2n) is 1.07. The monoisotopic (exact) mass is 114 g/mol. The fourth-order valence-electron chi connectivity index (χ4n) is 0.149. The zero-order valence-corrected chi connectivity index (χ0v) is 4.78. The predicted octanol–water partition coefficient (Wildman–Crippen LogP) is 2.48. The minimum absolute atomic E-state index is 0.829. The van der Waals surface area contributed by atoms with E-state index in [-0.39, 0.29) is 0 Å². The maximum absolute atomic E-state index is 5.19. The second-order valence-corrected chi connectivity index (χ2v) is 1.32. The Hall–Kier alpha value is -0.490. The first-order valence-electron chi connectivity index (χ1n) is 1.89. The van der Waals surface area contributed by atoms with Crippen molar-refractivity contribution in [2.45, 2.75) is 0 Å². The lowest BCUT2D eigenvalue weighted by atomic mass is 10.3. The number of rotatable bonds is 2. The maximum atomic E-state index is 5.19. The lowest BCUT2D eigenvalue weighted by molar-refractivity contribution is 1.80. The van der Waals surface area contributed by atoms with Gasteiger partial charge in [-0.05, 0) is 11.6 Å². The lowest BCUT2D eigenvalue weighted by Crippen LogP contribution is -1.57. The van der Waals surface area contributed by atoms with Crippen molar-refractivity contribution in [2.24, 2.45) is 0 Å². The van der Waals surface area contributed by atoms with E-state index in [1.54, 1.807) is 12.2 Å². The molecule has 0 rings (SSSR count). The van der Waals surface area contributed by atoms with Crippen LogP contribution in [0.5, 0.6) is 0 Å². The van der Waals surface area contributed by atoms with Crippen molar-refractivity contribution >= 4 is 11.6 Å². The Morgan fingerprint density at radius 2 is 2.14 bits per heavy atom. The Balaban J connectivity index is 3.58. The van der Waals surface area contributed by atoms with E-state index >= 15 is 0 Å². The molecule has 0 heterocycles. The molecule has 0 aromatic carbocycles. The highest BCUT2D eigenvalue weighted by atomic mass is 35.5. The highest BCUT2D eigenvalue weighted by molar-refractivity contribution is 6.25. The quantitative estimate of drug-likeness (QED) is 0.484. The third-order valence-corrected chi connectivity index (χ3v) is 0.665. The summed E-state index contributed by atoms with van der Waals surface area (Å²) in [4.78, 5) is 0. The van der Waals surface area contributed by atoms with Gasteiger partial charge in [0.15, 0.2) is 0 Å². The normalized spacial score (nSPS) is 9.29. The van der Waals surface area contributed by atoms with E-state index in [0.717, 1.165) is 5.57 Å². The van der Waals surface area contributed by atoms with Crippen LogP contribution in [0.1, 0.15) is 0 Å². The average molecular weight is 115 g/mol. The second kappa shape index (κ2) is 3.69. The summed E-state index contributed by atoms with van der Waals surface area (Å²) in [6, 6.07) is 0. The van der Waals surface area contributed by atoms with Gasteiger partial charge in [-0.15, -0.1) is 0 Å². The molecule has 1 heteroatoms. The van der Waals surface area contributed by atoms with Gasteiger partial charge >= 0.3 is 0 Å². The topological polar surface area (TPSA) is 0 Å². The molecule has 38 valence electrons. The van der Waals surface area contributed by atoms with Crippen LogP contribution in [-0.2, 0) is 0 Å². The van der Waals surface area contributed by atoms with Gasteiger partial charge in [0, 0.05) is 5.54 Å². The van der Waals surface area contributed by atoms with Gasteiger partial charge in [-0.25, -0.2) is 0 Å². The van der Waals surface area contributed by atoms with E-state index < -0.39 is 0 Å². The van der Waals surface area contributed by atoms with Crippen LogP contribution in [0.3, 0.4) is 0 Å². The Bertz CT molecular complexity index is 101. The number of hydrogen-bond acceptors (Lipinski definition) is 0. The molecule has 7 heavy (non-hydrogen) atoms. The first-order chi connectivity index (χ1) is 3.31. The van der Waals surface area contributed by atoms with Gasteiger partial charge in [0.1, 0.15) is 0 Å². The van der Waals surface area contributed by atoms with Crippen LogP contribution >= 0.6 is 11.6 Å². The molecular weight excluding hydrogens is 108 g/mol. The van der Waals surface area contributed by atoms with Gasteiger partial charge in [-0.1, -0.05) is 30.8 Å². The Morgan fingerprint density at radius 1 is 1.57 bits per heavy atom. The van der Waals surface area contributed by atoms with Crippen molar-refractivity contribution in [1.82, 2.24) is 0 Å². The maximum Gasteiger partial charge on any atom is 0.00481 e. The van der Waals surface area contributed by atoms with Crippen LogP contribution in [0.2, 0.25) is 0 Å². The van der Waals surface area contributed by atoms with Crippen molar-refractivity contribution in [1.29, 1.82) is 0 Å². The van der Waals surface area contributed by atoms with E-state index in [1.807, 2.05) is 0 Å². The molecule has 0 saturated heterocycles. The van der Waals surface area contributed by atoms with Crippen molar-refractivity contribution < 1.29 is 0 Å². The zero-order chi connectivity index (χ0) is 5.70. The molecule has 0 N–H and O–H groups in total. The van der Waals surface area contributed by atoms with Gasteiger partial charge in [0.2, 0.25) is 0 Å². The molecule has 0 aromatic heterocycles. The van der Waals surface area contributed by atoms with Crippen LogP contribution in [0.4, 0.5) is 0 Å². The van der Waals surface area contributed by atoms with Gasteiger partial charge in [0.05, 0.1) is 0 Å². The zero-order valence-electron chi connectivity index (χ0n) is 4.02. The molecule has 0 radical (unpaired) electrons. The van der Waals surface area contributed by atoms with Crippen molar-refractivity contribution in [3.05, 3.63) is 36.4 Å². The summed E-state index contributed by atoms with van der Waals surface area (Å²) in [5.74, 6) is 0. The third kappa shape index (κ3) is 3.34. The molecule has 0 saturated carbocycles. The van der Waals surface area contributed by atoms with Crippen LogP contribution in [-0.4, -0.2) is 0 Å². The molecule has 0 spiro atoms. The molecule has 0 aliphatic rings. The molecule has 0 aliphatic heterocycles. The standard InChI is InChI=1S/C6H7Cl/c1-3-6(2)4-5-7/h3-5H,1-2H2/b5-4+. The highest BCUT2D eigenvalue weighted by Crippen LogP contribution is 1.92. The number of hydrogen-bond donors (Lipinski definition) is 0. The Labute approximate surface area is 48.8 Å². The Kier molecular flexibility index (Phi) is 3.43. The first kappa shape index (κ1) is 6.51. The summed E-state index contributed by atoms with van der Waals surface area (Å²) in [7, 11) is 0. The lowest BCUT2D eigenvalue weighted by Gasteiger charge is -1.78. The fourth-order valence-corrected chi connectivity index (χ4v) is 0.311. The van der Waals surface area contributed by atoms with Crippen LogP contribution in [0, 0.1) is 0 Å². The van der Waals surface area contributed by atoms with Crippen LogP contribution in [0.25, 0.3) is 0 Å². The van der Waals surface area contributed by atoms with Gasteiger partial charge < -0.3 is 0 Å². The van der Waals surface area contributed by atoms with E-state index in [4.69, 9.17) is 11.6 Å². The van der Waals surface area contributed by atoms with E-state index in [9.17, 15) is 0 Å². The van der Waals surface area contributed by atoms with Crippen molar-refractivity contribution in [2.75, 3.05) is 0 Å². The summed E-state index contributed by atoms with van der Waals surface area (Å²) in [6.07, 6.45) is 3.31. The molecule has 0 unspecified atom stereocenters. The summed E-state index contributed by atoms with van der Waals surface area (Å²) in [5.41, 5.74) is 2.24. The van der Waals surface area contributed by atoms with E-state index in [0.29, 0.717) is 0 Å². The predicted molar refractivity (Wildman–Crippen MR) is 34.3 cm³/mol. The largest absolute Gasteiger partial charge is 0.0985 e. The summed E-state index contributed by atoms with van der Waals surface area (Å²) in [5, 5.41) is 0. The number of halogens is 1. The Morgan fingerprint density at radius 3 is 2.29 bits per heavy atom. The van der Waals surface area contributed by atoms with E-state index in [1.165, 1.54) is 5.54 Å². The molecule has 0 aliphatic carbocycles. The highest BCUT2D eigenvalue weighted by Gasteiger charge is 1.70.